The molecule has 0 N–H and O–H groups in total. The Labute approximate surface area is 209 Å². The third-order valence-corrected chi connectivity index (χ3v) is 6.81. The maximum absolute atomic E-state index is 12.8. The van der Waals surface area contributed by atoms with Crippen molar-refractivity contribution in [3.63, 3.8) is 0 Å². The van der Waals surface area contributed by atoms with E-state index in [9.17, 15) is 4.79 Å². The standard InChI is InChI=1S/C30H37N3O2/c1-24-10-11-25(2)28(22-24)12-13-29(34)32-18-14-27(15-19-32)30-31-16-20-33(30)17-6-7-21-35-23-26-8-4-3-5-9-26/h3-5,8-13,16,20,22,27H,6-7,14-15,17-19,21,23H2,1-2H3. The van der Waals surface area contributed by atoms with Crippen LogP contribution in [0.4, 0.5) is 0 Å². The summed E-state index contributed by atoms with van der Waals surface area (Å²) in [6.07, 6.45) is 11.7. The summed E-state index contributed by atoms with van der Waals surface area (Å²) in [5.41, 5.74) is 4.72. The largest absolute Gasteiger partial charge is 0.377 e. The first kappa shape index (κ1) is 24.9. The van der Waals surface area contributed by atoms with Crippen molar-refractivity contribution in [2.24, 2.45) is 0 Å². The maximum Gasteiger partial charge on any atom is 0.246 e. The minimum absolute atomic E-state index is 0.100. The summed E-state index contributed by atoms with van der Waals surface area (Å²) in [5, 5.41) is 0. The highest BCUT2D eigenvalue weighted by Gasteiger charge is 2.25. The van der Waals surface area contributed by atoms with Gasteiger partial charge >= 0.3 is 0 Å². The maximum atomic E-state index is 12.8. The number of imidazole rings is 1. The average Bonchev–Trinajstić information content (AvgIpc) is 3.35. The second kappa shape index (κ2) is 12.5. The Kier molecular flexibility index (Phi) is 8.90. The van der Waals surface area contributed by atoms with Gasteiger partial charge in [0.1, 0.15) is 5.82 Å². The quantitative estimate of drug-likeness (QED) is 0.273. The molecule has 3 aromatic rings. The number of unbranched alkanes of at least 4 members (excludes halogenated alkanes) is 1. The van der Waals surface area contributed by atoms with Gasteiger partial charge in [-0.25, -0.2) is 4.98 Å². The smallest absolute Gasteiger partial charge is 0.246 e. The van der Waals surface area contributed by atoms with E-state index in [0.717, 1.165) is 63.3 Å². The van der Waals surface area contributed by atoms with E-state index in [2.05, 4.69) is 59.9 Å². The summed E-state index contributed by atoms with van der Waals surface area (Å²) < 4.78 is 8.10. The molecule has 0 saturated carbocycles. The Morgan fingerprint density at radius 3 is 2.69 bits per heavy atom. The van der Waals surface area contributed by atoms with Crippen molar-refractivity contribution in [1.82, 2.24) is 14.5 Å². The zero-order valence-corrected chi connectivity index (χ0v) is 21.0. The highest BCUT2D eigenvalue weighted by molar-refractivity contribution is 5.92. The molecule has 1 amide bonds. The van der Waals surface area contributed by atoms with Crippen LogP contribution in [0.25, 0.3) is 6.08 Å². The fraction of sp³-hybridized carbons (Fsp3) is 0.400. The number of carbonyl (C=O) groups excluding carboxylic acids is 1. The van der Waals surface area contributed by atoms with Crippen LogP contribution in [-0.4, -0.2) is 40.1 Å². The topological polar surface area (TPSA) is 47.4 Å². The molecule has 0 unspecified atom stereocenters. The van der Waals surface area contributed by atoms with Crippen LogP contribution >= 0.6 is 0 Å². The van der Waals surface area contributed by atoms with Crippen molar-refractivity contribution in [2.45, 2.75) is 58.6 Å². The number of aromatic nitrogens is 2. The molecule has 35 heavy (non-hydrogen) atoms. The molecule has 1 aliphatic heterocycles. The highest BCUT2D eigenvalue weighted by atomic mass is 16.5. The van der Waals surface area contributed by atoms with Crippen molar-refractivity contribution < 1.29 is 9.53 Å². The van der Waals surface area contributed by atoms with E-state index in [1.54, 1.807) is 6.08 Å². The van der Waals surface area contributed by atoms with Gasteiger partial charge in [-0.2, -0.15) is 0 Å². The van der Waals surface area contributed by atoms with Crippen LogP contribution in [0.5, 0.6) is 0 Å². The second-order valence-corrected chi connectivity index (χ2v) is 9.52. The van der Waals surface area contributed by atoms with Gasteiger partial charge in [0.25, 0.3) is 0 Å². The number of likely N-dealkylation sites (tertiary alicyclic amines) is 1. The van der Waals surface area contributed by atoms with Crippen molar-refractivity contribution in [2.75, 3.05) is 19.7 Å². The third kappa shape index (κ3) is 7.15. The van der Waals surface area contributed by atoms with Gasteiger partial charge in [-0.05, 0) is 62.3 Å². The van der Waals surface area contributed by atoms with E-state index in [1.165, 1.54) is 16.7 Å². The number of piperidine rings is 1. The first-order valence-corrected chi connectivity index (χ1v) is 12.8. The van der Waals surface area contributed by atoms with Crippen molar-refractivity contribution >= 4 is 12.0 Å². The number of hydrogen-bond donors (Lipinski definition) is 0. The molecule has 0 atom stereocenters. The summed E-state index contributed by atoms with van der Waals surface area (Å²) in [4.78, 5) is 19.4. The number of amides is 1. The first-order valence-electron chi connectivity index (χ1n) is 12.8. The lowest BCUT2D eigenvalue weighted by atomic mass is 9.95. The minimum Gasteiger partial charge on any atom is -0.377 e. The van der Waals surface area contributed by atoms with Crippen molar-refractivity contribution in [3.05, 3.63) is 95.1 Å². The average molecular weight is 472 g/mol. The Morgan fingerprint density at radius 1 is 1.09 bits per heavy atom. The molecular weight excluding hydrogens is 434 g/mol. The number of rotatable bonds is 10. The van der Waals surface area contributed by atoms with Crippen LogP contribution in [0.15, 0.2) is 67.0 Å². The highest BCUT2D eigenvalue weighted by Crippen LogP contribution is 2.27. The molecule has 0 radical (unpaired) electrons. The molecule has 2 aromatic carbocycles. The van der Waals surface area contributed by atoms with Gasteiger partial charge in [-0.1, -0.05) is 54.1 Å². The number of aryl methyl sites for hydroxylation is 3. The molecule has 1 fully saturated rings. The molecule has 0 aliphatic carbocycles. The van der Waals surface area contributed by atoms with Crippen molar-refractivity contribution in [3.8, 4) is 0 Å². The number of carbonyl (C=O) groups is 1. The number of hydrogen-bond acceptors (Lipinski definition) is 3. The molecule has 0 bridgehead atoms. The molecule has 5 heteroatoms. The predicted octanol–water partition coefficient (Wildman–Crippen LogP) is 5.92. The summed E-state index contributed by atoms with van der Waals surface area (Å²) in [7, 11) is 0. The van der Waals surface area contributed by atoms with Gasteiger partial charge in [0.15, 0.2) is 0 Å². The molecule has 0 spiro atoms. The van der Waals surface area contributed by atoms with Gasteiger partial charge in [0.2, 0.25) is 5.91 Å². The summed E-state index contributed by atoms with van der Waals surface area (Å²) in [6, 6.07) is 16.6. The Hall–Kier alpha value is -3.18. The first-order chi connectivity index (χ1) is 17.1. The van der Waals surface area contributed by atoms with Crippen LogP contribution in [0.1, 0.15) is 59.7 Å². The Balaban J connectivity index is 1.20. The van der Waals surface area contributed by atoms with E-state index in [0.29, 0.717) is 12.5 Å². The van der Waals surface area contributed by atoms with E-state index in [-0.39, 0.29) is 5.91 Å². The zero-order chi connectivity index (χ0) is 24.5. The molecule has 2 heterocycles. The van der Waals surface area contributed by atoms with Gasteiger partial charge in [-0.3, -0.25) is 4.79 Å². The Morgan fingerprint density at radius 2 is 1.89 bits per heavy atom. The normalized spacial score (nSPS) is 14.6. The summed E-state index contributed by atoms with van der Waals surface area (Å²) in [6.45, 7) is 8.12. The van der Waals surface area contributed by atoms with E-state index < -0.39 is 0 Å². The lowest BCUT2D eigenvalue weighted by molar-refractivity contribution is -0.127. The van der Waals surface area contributed by atoms with Gasteiger partial charge in [0, 0.05) is 50.6 Å². The number of benzene rings is 2. The number of ether oxygens (including phenoxy) is 1. The van der Waals surface area contributed by atoms with Gasteiger partial charge in [0.05, 0.1) is 6.61 Å². The second-order valence-electron chi connectivity index (χ2n) is 9.52. The lowest BCUT2D eigenvalue weighted by Crippen LogP contribution is -2.37. The molecule has 1 aliphatic rings. The van der Waals surface area contributed by atoms with E-state index in [4.69, 9.17) is 4.74 Å². The molecule has 184 valence electrons. The van der Waals surface area contributed by atoms with E-state index >= 15 is 0 Å². The fourth-order valence-corrected chi connectivity index (χ4v) is 4.68. The summed E-state index contributed by atoms with van der Waals surface area (Å²) in [5.74, 6) is 1.67. The number of nitrogens with zero attached hydrogens (tertiary/aromatic N) is 3. The van der Waals surface area contributed by atoms with Crippen LogP contribution in [0, 0.1) is 13.8 Å². The van der Waals surface area contributed by atoms with Crippen LogP contribution in [-0.2, 0) is 22.7 Å². The molecule has 1 aromatic heterocycles. The van der Waals surface area contributed by atoms with Gasteiger partial charge < -0.3 is 14.2 Å². The SMILES string of the molecule is Cc1ccc(C)c(C=CC(=O)N2CCC(c3nccn3CCCCOCc3ccccc3)CC2)c1. The predicted molar refractivity (Wildman–Crippen MR) is 141 cm³/mol. The summed E-state index contributed by atoms with van der Waals surface area (Å²) >= 11 is 0. The molecule has 5 nitrogen and oxygen atoms in total. The molecule has 4 rings (SSSR count). The van der Waals surface area contributed by atoms with Crippen LogP contribution in [0.2, 0.25) is 0 Å². The third-order valence-electron chi connectivity index (χ3n) is 6.81. The lowest BCUT2D eigenvalue weighted by Gasteiger charge is -2.31. The van der Waals surface area contributed by atoms with Crippen molar-refractivity contribution in [1.29, 1.82) is 0 Å². The van der Waals surface area contributed by atoms with E-state index in [1.807, 2.05) is 35.4 Å². The molecule has 1 saturated heterocycles. The Bertz CT molecular complexity index is 1110. The monoisotopic (exact) mass is 471 g/mol. The molecular formula is C30H37N3O2. The van der Waals surface area contributed by atoms with Crippen LogP contribution in [0.3, 0.4) is 0 Å². The van der Waals surface area contributed by atoms with Gasteiger partial charge in [-0.15, -0.1) is 0 Å². The minimum atomic E-state index is 0.100. The zero-order valence-electron chi connectivity index (χ0n) is 21.0. The fourth-order valence-electron chi connectivity index (χ4n) is 4.68. The van der Waals surface area contributed by atoms with Crippen LogP contribution < -0.4 is 0 Å².